The van der Waals surface area contributed by atoms with E-state index in [0.717, 1.165) is 0 Å². The van der Waals surface area contributed by atoms with Gasteiger partial charge < -0.3 is 0 Å². The summed E-state index contributed by atoms with van der Waals surface area (Å²) >= 11 is 0. The maximum absolute atomic E-state index is 2.28. The molecular formula is C11H12B. The van der Waals surface area contributed by atoms with Crippen molar-refractivity contribution in [3.8, 4) is 0 Å². The highest BCUT2D eigenvalue weighted by Gasteiger charge is 2.14. The maximum Gasteiger partial charge on any atom is 0.186 e. The second-order valence-corrected chi connectivity index (χ2v) is 3.57. The molecule has 1 heterocycles. The fourth-order valence-electron chi connectivity index (χ4n) is 1.51. The number of hydrogen-bond acceptors (Lipinski definition) is 0. The number of hydrogen-bond donors (Lipinski definition) is 0. The normalized spacial score (nSPS) is 14.1. The van der Waals surface area contributed by atoms with Gasteiger partial charge in [-0.3, -0.25) is 0 Å². The summed E-state index contributed by atoms with van der Waals surface area (Å²) < 4.78 is 0. The standard InChI is InChI=1S/C11H12B/c1-8(2)11-7-9-5-3-4-6-10(9)12-11/h3-8H,1-2H3. The first kappa shape index (κ1) is 7.66. The number of allylic oxidation sites excluding steroid dienone is 1. The van der Waals surface area contributed by atoms with Crippen LogP contribution in [0.3, 0.4) is 0 Å². The Balaban J connectivity index is 2.35. The topological polar surface area (TPSA) is 0 Å². The fraction of sp³-hybridized carbons (Fsp3) is 0.273. The minimum Gasteiger partial charge on any atom is -0.0994 e. The Hall–Kier alpha value is -0.975. The zero-order valence-electron chi connectivity index (χ0n) is 7.54. The SMILES string of the molecule is CC(C)C1=Cc2ccccc2[B]1. The van der Waals surface area contributed by atoms with E-state index < -0.39 is 0 Å². The minimum absolute atomic E-state index is 0.636. The van der Waals surface area contributed by atoms with Crippen LogP contribution in [0.2, 0.25) is 0 Å². The first-order valence-corrected chi connectivity index (χ1v) is 4.43. The van der Waals surface area contributed by atoms with Crippen molar-refractivity contribution in [3.63, 3.8) is 0 Å². The maximum atomic E-state index is 2.28. The first-order valence-electron chi connectivity index (χ1n) is 4.43. The molecule has 0 aromatic heterocycles. The van der Waals surface area contributed by atoms with Gasteiger partial charge in [0.1, 0.15) is 0 Å². The van der Waals surface area contributed by atoms with E-state index in [-0.39, 0.29) is 0 Å². The molecule has 2 rings (SSSR count). The average molecular weight is 155 g/mol. The van der Waals surface area contributed by atoms with Crippen LogP contribution in [0.1, 0.15) is 19.4 Å². The third-order valence-electron chi connectivity index (χ3n) is 2.31. The van der Waals surface area contributed by atoms with E-state index in [9.17, 15) is 0 Å². The monoisotopic (exact) mass is 155 g/mol. The molecule has 1 aromatic carbocycles. The molecule has 1 aromatic rings. The molecule has 0 amide bonds. The minimum atomic E-state index is 0.636. The molecule has 0 N–H and O–H groups in total. The van der Waals surface area contributed by atoms with Gasteiger partial charge in [0.25, 0.3) is 0 Å². The number of fused-ring (bicyclic) bond motifs is 1. The third-order valence-corrected chi connectivity index (χ3v) is 2.31. The van der Waals surface area contributed by atoms with Gasteiger partial charge in [0.15, 0.2) is 7.28 Å². The molecule has 0 fully saturated rings. The second kappa shape index (κ2) is 2.82. The van der Waals surface area contributed by atoms with Crippen LogP contribution in [0.4, 0.5) is 0 Å². The van der Waals surface area contributed by atoms with E-state index in [1.165, 1.54) is 16.5 Å². The van der Waals surface area contributed by atoms with Crippen molar-refractivity contribution in [2.75, 3.05) is 0 Å². The van der Waals surface area contributed by atoms with Gasteiger partial charge in [-0.2, -0.15) is 0 Å². The van der Waals surface area contributed by atoms with E-state index >= 15 is 0 Å². The average Bonchev–Trinajstić information content (AvgIpc) is 2.46. The van der Waals surface area contributed by atoms with Crippen molar-refractivity contribution >= 4 is 18.8 Å². The van der Waals surface area contributed by atoms with Crippen molar-refractivity contribution in [2.45, 2.75) is 13.8 Å². The summed E-state index contributed by atoms with van der Waals surface area (Å²) in [5.74, 6) is 0.636. The predicted octanol–water partition coefficient (Wildman–Crippen LogP) is 2.03. The largest absolute Gasteiger partial charge is 0.186 e. The van der Waals surface area contributed by atoms with Crippen LogP contribution >= 0.6 is 0 Å². The third kappa shape index (κ3) is 1.20. The molecular weight excluding hydrogens is 143 g/mol. The number of rotatable bonds is 1. The molecule has 1 radical (unpaired) electrons. The zero-order valence-corrected chi connectivity index (χ0v) is 7.54. The molecule has 1 aliphatic rings. The van der Waals surface area contributed by atoms with Crippen molar-refractivity contribution in [1.82, 2.24) is 0 Å². The summed E-state index contributed by atoms with van der Waals surface area (Å²) in [5.41, 5.74) is 4.17. The molecule has 0 nitrogen and oxygen atoms in total. The molecule has 12 heavy (non-hydrogen) atoms. The van der Waals surface area contributed by atoms with Gasteiger partial charge in [0, 0.05) is 0 Å². The highest BCUT2D eigenvalue weighted by Crippen LogP contribution is 2.17. The molecule has 0 saturated carbocycles. The Labute approximate surface area is 74.5 Å². The molecule has 0 atom stereocenters. The van der Waals surface area contributed by atoms with Gasteiger partial charge in [-0.15, -0.1) is 0 Å². The van der Waals surface area contributed by atoms with E-state index in [0.29, 0.717) is 5.92 Å². The second-order valence-electron chi connectivity index (χ2n) is 3.57. The lowest BCUT2D eigenvalue weighted by atomic mass is 9.63. The zero-order chi connectivity index (χ0) is 8.55. The quantitative estimate of drug-likeness (QED) is 0.544. The lowest BCUT2D eigenvalue weighted by Gasteiger charge is -2.02. The van der Waals surface area contributed by atoms with Crippen molar-refractivity contribution in [1.29, 1.82) is 0 Å². The summed E-state index contributed by atoms with van der Waals surface area (Å²) in [6.45, 7) is 4.46. The predicted molar refractivity (Wildman–Crippen MR) is 54.6 cm³/mol. The van der Waals surface area contributed by atoms with Crippen molar-refractivity contribution in [3.05, 3.63) is 35.3 Å². The molecule has 1 heteroatoms. The van der Waals surface area contributed by atoms with Crippen LogP contribution < -0.4 is 5.46 Å². The summed E-state index contributed by atoms with van der Waals surface area (Å²) in [5, 5.41) is 0. The van der Waals surface area contributed by atoms with Crippen LogP contribution in [0, 0.1) is 5.92 Å². The highest BCUT2D eigenvalue weighted by atomic mass is 14.1. The molecule has 0 bridgehead atoms. The summed E-state index contributed by atoms with van der Waals surface area (Å²) in [7, 11) is 2.28. The van der Waals surface area contributed by atoms with Gasteiger partial charge >= 0.3 is 0 Å². The highest BCUT2D eigenvalue weighted by molar-refractivity contribution is 6.65. The molecule has 0 unspecified atom stereocenters. The van der Waals surface area contributed by atoms with Gasteiger partial charge in [-0.25, -0.2) is 0 Å². The van der Waals surface area contributed by atoms with E-state index in [1.807, 2.05) is 0 Å². The van der Waals surface area contributed by atoms with E-state index in [4.69, 9.17) is 0 Å². The Morgan fingerprint density at radius 3 is 2.58 bits per heavy atom. The Morgan fingerprint density at radius 2 is 1.92 bits per heavy atom. The molecule has 59 valence electrons. The van der Waals surface area contributed by atoms with Gasteiger partial charge in [0.2, 0.25) is 0 Å². The van der Waals surface area contributed by atoms with Crippen molar-refractivity contribution in [2.24, 2.45) is 5.92 Å². The van der Waals surface area contributed by atoms with Crippen molar-refractivity contribution < 1.29 is 0 Å². The Kier molecular flexibility index (Phi) is 1.80. The number of benzene rings is 1. The van der Waals surface area contributed by atoms with E-state index in [1.54, 1.807) is 0 Å². The van der Waals surface area contributed by atoms with Crippen LogP contribution in [0.5, 0.6) is 0 Å². The molecule has 0 aliphatic carbocycles. The van der Waals surface area contributed by atoms with Crippen LogP contribution in [0.25, 0.3) is 6.08 Å². The lowest BCUT2D eigenvalue weighted by molar-refractivity contribution is 0.818. The first-order chi connectivity index (χ1) is 5.77. The lowest BCUT2D eigenvalue weighted by Crippen LogP contribution is -2.15. The van der Waals surface area contributed by atoms with Crippen LogP contribution in [0.15, 0.2) is 29.7 Å². The smallest absolute Gasteiger partial charge is 0.0994 e. The Morgan fingerprint density at radius 1 is 1.17 bits per heavy atom. The molecule has 0 spiro atoms. The summed E-state index contributed by atoms with van der Waals surface area (Å²) in [6.07, 6.45) is 2.28. The van der Waals surface area contributed by atoms with Gasteiger partial charge in [-0.05, 0) is 11.5 Å². The van der Waals surface area contributed by atoms with Crippen LogP contribution in [-0.2, 0) is 0 Å². The van der Waals surface area contributed by atoms with E-state index in [2.05, 4.69) is 51.5 Å². The fourth-order valence-corrected chi connectivity index (χ4v) is 1.51. The van der Waals surface area contributed by atoms with Gasteiger partial charge in [0.05, 0.1) is 0 Å². The molecule has 1 aliphatic heterocycles. The van der Waals surface area contributed by atoms with Gasteiger partial charge in [-0.1, -0.05) is 55.1 Å². The molecule has 0 saturated heterocycles. The Bertz CT molecular complexity index is 324. The summed E-state index contributed by atoms with van der Waals surface area (Å²) in [4.78, 5) is 0. The summed E-state index contributed by atoms with van der Waals surface area (Å²) in [6, 6.07) is 8.52. The van der Waals surface area contributed by atoms with Crippen LogP contribution in [-0.4, -0.2) is 7.28 Å².